The van der Waals surface area contributed by atoms with Gasteiger partial charge in [0.2, 0.25) is 5.91 Å². The number of carboxylic acids is 1. The summed E-state index contributed by atoms with van der Waals surface area (Å²) in [5.41, 5.74) is 0.640. The zero-order valence-electron chi connectivity index (χ0n) is 11.5. The first-order valence-electron chi connectivity index (χ1n) is 6.55. The van der Waals surface area contributed by atoms with E-state index in [1.54, 1.807) is 23.2 Å². The molecule has 2 unspecified atom stereocenters. The van der Waals surface area contributed by atoms with Crippen LogP contribution in [0.4, 0.5) is 0 Å². The first-order valence-corrected chi connectivity index (χ1v) is 7.60. The maximum Gasteiger partial charge on any atom is 0.319 e. The minimum atomic E-state index is -0.896. The molecule has 2 atom stereocenters. The van der Waals surface area contributed by atoms with Crippen LogP contribution in [-0.4, -0.2) is 44.4 Å². The Hall–Kier alpha value is -1.56. The molecule has 0 spiro atoms. The maximum atomic E-state index is 12.2. The summed E-state index contributed by atoms with van der Waals surface area (Å²) in [5.74, 6) is -0.418. The molecule has 0 aliphatic carbocycles. The van der Waals surface area contributed by atoms with Gasteiger partial charge in [-0.3, -0.25) is 14.6 Å². The van der Waals surface area contributed by atoms with Crippen LogP contribution >= 0.6 is 11.8 Å². The summed E-state index contributed by atoms with van der Waals surface area (Å²) < 4.78 is 0. The minimum Gasteiger partial charge on any atom is -0.480 e. The summed E-state index contributed by atoms with van der Waals surface area (Å²) in [6.07, 6.45) is 1.63. The molecule has 5 nitrogen and oxygen atoms in total. The van der Waals surface area contributed by atoms with Gasteiger partial charge in [-0.2, -0.15) is 0 Å². The van der Waals surface area contributed by atoms with E-state index in [-0.39, 0.29) is 17.6 Å². The second-order valence-electron chi connectivity index (χ2n) is 5.21. The third-order valence-electron chi connectivity index (χ3n) is 3.13. The van der Waals surface area contributed by atoms with Gasteiger partial charge in [-0.1, -0.05) is 19.9 Å². The number of amides is 1. The predicted molar refractivity (Wildman–Crippen MR) is 77.4 cm³/mol. The van der Waals surface area contributed by atoms with Crippen molar-refractivity contribution in [2.75, 3.05) is 12.3 Å². The topological polar surface area (TPSA) is 70.5 Å². The van der Waals surface area contributed by atoms with Crippen LogP contribution in [0.2, 0.25) is 0 Å². The molecule has 0 saturated carbocycles. The lowest BCUT2D eigenvalue weighted by Gasteiger charge is -2.39. The summed E-state index contributed by atoms with van der Waals surface area (Å²) in [7, 11) is 0. The molecule has 1 aromatic heterocycles. The molecular weight excluding hydrogens is 276 g/mol. The molecule has 1 aliphatic rings. The van der Waals surface area contributed by atoms with Crippen LogP contribution in [0.5, 0.6) is 0 Å². The van der Waals surface area contributed by atoms with Crippen molar-refractivity contribution in [3.63, 3.8) is 0 Å². The Morgan fingerprint density at radius 2 is 2.30 bits per heavy atom. The lowest BCUT2D eigenvalue weighted by atomic mass is 10.0. The summed E-state index contributed by atoms with van der Waals surface area (Å²) in [6.45, 7) is 4.57. The molecule has 108 valence electrons. The molecule has 0 bridgehead atoms. The second-order valence-corrected chi connectivity index (χ2v) is 6.34. The highest BCUT2D eigenvalue weighted by molar-refractivity contribution is 8.01. The van der Waals surface area contributed by atoms with Crippen LogP contribution in [0.15, 0.2) is 24.4 Å². The van der Waals surface area contributed by atoms with Gasteiger partial charge in [-0.25, -0.2) is 0 Å². The quantitative estimate of drug-likeness (QED) is 0.917. The number of rotatable bonds is 4. The van der Waals surface area contributed by atoms with Crippen LogP contribution in [0.1, 0.15) is 25.6 Å². The standard InChI is InChI=1S/C14H18N2O3S/c1-9(2)7-16-11(17)8-20-13(14(18)19)12(16)10-5-3-4-6-15-10/h3-6,9,12-13H,7-8H2,1-2H3,(H,18,19). The van der Waals surface area contributed by atoms with E-state index in [4.69, 9.17) is 0 Å². The Morgan fingerprint density at radius 1 is 1.55 bits per heavy atom. The summed E-state index contributed by atoms with van der Waals surface area (Å²) in [5, 5.41) is 8.76. The fourth-order valence-corrected chi connectivity index (χ4v) is 3.43. The maximum absolute atomic E-state index is 12.2. The molecule has 1 saturated heterocycles. The number of hydrogen-bond acceptors (Lipinski definition) is 4. The van der Waals surface area contributed by atoms with Crippen molar-refractivity contribution in [3.05, 3.63) is 30.1 Å². The molecular formula is C14H18N2O3S. The number of carbonyl (C=O) groups excluding carboxylic acids is 1. The van der Waals surface area contributed by atoms with Gasteiger partial charge in [0, 0.05) is 12.7 Å². The number of aliphatic carboxylic acids is 1. The average molecular weight is 294 g/mol. The minimum absolute atomic E-state index is 0.0168. The van der Waals surface area contributed by atoms with Gasteiger partial charge in [-0.05, 0) is 18.1 Å². The van der Waals surface area contributed by atoms with Gasteiger partial charge in [-0.15, -0.1) is 11.8 Å². The molecule has 0 aromatic carbocycles. The average Bonchev–Trinajstić information content (AvgIpc) is 2.41. The number of hydrogen-bond donors (Lipinski definition) is 1. The number of carbonyl (C=O) groups is 2. The van der Waals surface area contributed by atoms with Crippen molar-refractivity contribution in [1.82, 2.24) is 9.88 Å². The zero-order chi connectivity index (χ0) is 14.7. The van der Waals surface area contributed by atoms with Gasteiger partial charge in [0.1, 0.15) is 5.25 Å². The van der Waals surface area contributed by atoms with Crippen LogP contribution in [-0.2, 0) is 9.59 Å². The summed E-state index contributed by atoms with van der Waals surface area (Å²) in [4.78, 5) is 29.6. The van der Waals surface area contributed by atoms with Crippen LogP contribution < -0.4 is 0 Å². The molecule has 6 heteroatoms. The smallest absolute Gasteiger partial charge is 0.319 e. The third kappa shape index (κ3) is 3.12. The fraction of sp³-hybridized carbons (Fsp3) is 0.500. The number of thioether (sulfide) groups is 1. The SMILES string of the molecule is CC(C)CN1C(=O)CSC(C(=O)O)C1c1ccccn1. The Morgan fingerprint density at radius 3 is 2.85 bits per heavy atom. The second kappa shape index (κ2) is 6.26. The molecule has 1 aromatic rings. The Kier molecular flexibility index (Phi) is 4.65. The highest BCUT2D eigenvalue weighted by Crippen LogP contribution is 2.36. The van der Waals surface area contributed by atoms with Crippen molar-refractivity contribution in [2.24, 2.45) is 5.92 Å². The van der Waals surface area contributed by atoms with Crippen LogP contribution in [0.3, 0.4) is 0 Å². The van der Waals surface area contributed by atoms with Crippen LogP contribution in [0, 0.1) is 5.92 Å². The van der Waals surface area contributed by atoms with Crippen molar-refractivity contribution in [3.8, 4) is 0 Å². The first kappa shape index (κ1) is 14.8. The van der Waals surface area contributed by atoms with Crippen LogP contribution in [0.25, 0.3) is 0 Å². The zero-order valence-corrected chi connectivity index (χ0v) is 12.3. The van der Waals surface area contributed by atoms with E-state index in [1.165, 1.54) is 11.8 Å². The molecule has 1 N–H and O–H groups in total. The summed E-state index contributed by atoms with van der Waals surface area (Å²) >= 11 is 1.18. The third-order valence-corrected chi connectivity index (χ3v) is 4.36. The Balaban J connectivity index is 2.39. The fourth-order valence-electron chi connectivity index (χ4n) is 2.33. The largest absolute Gasteiger partial charge is 0.480 e. The number of nitrogens with zero attached hydrogens (tertiary/aromatic N) is 2. The van der Waals surface area contributed by atoms with E-state index < -0.39 is 17.3 Å². The Bertz CT molecular complexity index is 492. The molecule has 20 heavy (non-hydrogen) atoms. The Labute approximate surface area is 122 Å². The van der Waals surface area contributed by atoms with E-state index in [2.05, 4.69) is 4.98 Å². The molecule has 1 aliphatic heterocycles. The normalized spacial score (nSPS) is 23.1. The first-order chi connectivity index (χ1) is 9.50. The number of aromatic nitrogens is 1. The van der Waals surface area contributed by atoms with Gasteiger partial charge in [0.05, 0.1) is 17.5 Å². The molecule has 1 fully saturated rings. The lowest BCUT2D eigenvalue weighted by molar-refractivity contribution is -0.140. The van der Waals surface area contributed by atoms with Crippen molar-refractivity contribution in [1.29, 1.82) is 0 Å². The van der Waals surface area contributed by atoms with Gasteiger partial charge < -0.3 is 10.0 Å². The van der Waals surface area contributed by atoms with Gasteiger partial charge >= 0.3 is 5.97 Å². The number of pyridine rings is 1. The number of carboxylic acid groups (broad SMARTS) is 1. The van der Waals surface area contributed by atoms with Gasteiger partial charge in [0.25, 0.3) is 0 Å². The highest BCUT2D eigenvalue weighted by atomic mass is 32.2. The van der Waals surface area contributed by atoms with E-state index in [0.29, 0.717) is 12.2 Å². The molecule has 2 rings (SSSR count). The van der Waals surface area contributed by atoms with E-state index in [1.807, 2.05) is 19.9 Å². The van der Waals surface area contributed by atoms with Crippen molar-refractivity contribution < 1.29 is 14.7 Å². The van der Waals surface area contributed by atoms with Crippen molar-refractivity contribution in [2.45, 2.75) is 25.1 Å². The van der Waals surface area contributed by atoms with E-state index in [9.17, 15) is 14.7 Å². The predicted octanol–water partition coefficient (Wildman–Crippen LogP) is 1.81. The van der Waals surface area contributed by atoms with Gasteiger partial charge in [0.15, 0.2) is 0 Å². The molecule has 0 radical (unpaired) electrons. The van der Waals surface area contributed by atoms with Crippen molar-refractivity contribution >= 4 is 23.6 Å². The summed E-state index contributed by atoms with van der Waals surface area (Å²) in [6, 6.07) is 4.89. The highest BCUT2D eigenvalue weighted by Gasteiger charge is 2.42. The lowest BCUT2D eigenvalue weighted by Crippen LogP contribution is -2.49. The van der Waals surface area contributed by atoms with E-state index >= 15 is 0 Å². The molecule has 2 heterocycles. The van der Waals surface area contributed by atoms with E-state index in [0.717, 1.165) is 0 Å². The monoisotopic (exact) mass is 294 g/mol. The molecule has 1 amide bonds.